The highest BCUT2D eigenvalue weighted by Crippen LogP contribution is 2.18. The van der Waals surface area contributed by atoms with E-state index in [1.165, 1.54) is 19.1 Å². The molecule has 7 heteroatoms. The Morgan fingerprint density at radius 3 is 2.45 bits per heavy atom. The number of fused-ring (bicyclic) bond motifs is 1. The number of sulfonamides is 1. The van der Waals surface area contributed by atoms with Gasteiger partial charge in [-0.05, 0) is 29.8 Å². The molecule has 0 bridgehead atoms. The number of hydrogen-bond donors (Lipinski definition) is 1. The summed E-state index contributed by atoms with van der Waals surface area (Å²) in [7, 11) is -3.82. The highest BCUT2D eigenvalue weighted by atomic mass is 32.2. The van der Waals surface area contributed by atoms with Crippen LogP contribution in [0.5, 0.6) is 0 Å². The van der Waals surface area contributed by atoms with Crippen molar-refractivity contribution >= 4 is 32.5 Å². The topological polar surface area (TPSA) is 89.5 Å². The maximum absolute atomic E-state index is 12.1. The molecule has 2 aromatic carbocycles. The van der Waals surface area contributed by atoms with Crippen molar-refractivity contribution < 1.29 is 22.7 Å². The average molecular weight is 321 g/mol. The van der Waals surface area contributed by atoms with Crippen LogP contribution in [0.4, 0.5) is 0 Å². The van der Waals surface area contributed by atoms with Crippen molar-refractivity contribution in [3.8, 4) is 0 Å². The van der Waals surface area contributed by atoms with Crippen molar-refractivity contribution in [1.29, 1.82) is 0 Å². The van der Waals surface area contributed by atoms with E-state index in [0.29, 0.717) is 0 Å². The van der Waals surface area contributed by atoms with E-state index in [0.717, 1.165) is 10.8 Å². The molecule has 0 amide bonds. The molecular formula is C15H15NO5S. The monoisotopic (exact) mass is 321 g/mol. The fraction of sp³-hybridized carbons (Fsp3) is 0.200. The van der Waals surface area contributed by atoms with Crippen LogP contribution >= 0.6 is 0 Å². The number of ether oxygens (including phenoxy) is 1. The van der Waals surface area contributed by atoms with Gasteiger partial charge in [0, 0.05) is 0 Å². The molecule has 0 aromatic heterocycles. The Morgan fingerprint density at radius 1 is 1.09 bits per heavy atom. The molecule has 1 N–H and O–H groups in total. The lowest BCUT2D eigenvalue weighted by Crippen LogP contribution is -2.31. The largest absolute Gasteiger partial charge is 0.457 e. The Hall–Kier alpha value is -2.25. The molecule has 22 heavy (non-hydrogen) atoms. The van der Waals surface area contributed by atoms with E-state index in [1.54, 1.807) is 12.1 Å². The predicted octanol–water partition coefficient (Wildman–Crippen LogP) is 1.25. The summed E-state index contributed by atoms with van der Waals surface area (Å²) in [6, 6.07) is 12.0. The summed E-state index contributed by atoms with van der Waals surface area (Å²) >= 11 is 0. The Morgan fingerprint density at radius 2 is 1.77 bits per heavy atom. The predicted molar refractivity (Wildman–Crippen MR) is 80.8 cm³/mol. The van der Waals surface area contributed by atoms with Crippen molar-refractivity contribution in [1.82, 2.24) is 4.72 Å². The highest BCUT2D eigenvalue weighted by molar-refractivity contribution is 7.89. The average Bonchev–Trinajstić information content (AvgIpc) is 2.50. The van der Waals surface area contributed by atoms with E-state index in [9.17, 15) is 18.0 Å². The zero-order valence-corrected chi connectivity index (χ0v) is 12.7. The van der Waals surface area contributed by atoms with Crippen LogP contribution in [0.1, 0.15) is 6.92 Å². The van der Waals surface area contributed by atoms with Crippen molar-refractivity contribution in [3.63, 3.8) is 0 Å². The third-order valence-electron chi connectivity index (χ3n) is 2.87. The fourth-order valence-electron chi connectivity index (χ4n) is 1.80. The molecule has 2 rings (SSSR count). The lowest BCUT2D eigenvalue weighted by molar-refractivity contribution is -0.146. The molecule has 116 valence electrons. The number of rotatable bonds is 6. The summed E-state index contributed by atoms with van der Waals surface area (Å²) in [5, 5.41) is 1.70. The number of ketones is 1. The Balaban J connectivity index is 2.08. The number of nitrogens with one attached hydrogen (secondary N) is 1. The van der Waals surface area contributed by atoms with E-state index in [2.05, 4.69) is 9.46 Å². The van der Waals surface area contributed by atoms with Crippen molar-refractivity contribution in [2.45, 2.75) is 11.8 Å². The summed E-state index contributed by atoms with van der Waals surface area (Å²) in [5.74, 6) is -1.12. The number of benzene rings is 2. The van der Waals surface area contributed by atoms with E-state index < -0.39 is 22.5 Å². The number of Topliss-reactive ketones (excluding diaryl/α,β-unsaturated/α-hetero) is 1. The van der Waals surface area contributed by atoms with Gasteiger partial charge in [-0.3, -0.25) is 9.59 Å². The zero-order valence-electron chi connectivity index (χ0n) is 11.9. The van der Waals surface area contributed by atoms with Crippen LogP contribution in [0.25, 0.3) is 10.8 Å². The van der Waals surface area contributed by atoms with Gasteiger partial charge < -0.3 is 4.74 Å². The maximum Gasteiger partial charge on any atom is 0.321 e. The summed E-state index contributed by atoms with van der Waals surface area (Å²) in [4.78, 5) is 22.1. The van der Waals surface area contributed by atoms with Gasteiger partial charge in [-0.2, -0.15) is 4.72 Å². The molecule has 0 saturated carbocycles. The SMILES string of the molecule is CC(=O)COC(=O)CNS(=O)(=O)c1ccc2ccccc2c1. The second-order valence-corrected chi connectivity index (χ2v) is 6.46. The van der Waals surface area contributed by atoms with Gasteiger partial charge in [0.2, 0.25) is 10.0 Å². The van der Waals surface area contributed by atoms with Crippen LogP contribution in [-0.4, -0.2) is 33.3 Å². The smallest absolute Gasteiger partial charge is 0.321 e. The van der Waals surface area contributed by atoms with Gasteiger partial charge in [-0.1, -0.05) is 30.3 Å². The normalized spacial score (nSPS) is 11.3. The first-order chi connectivity index (χ1) is 10.4. The summed E-state index contributed by atoms with van der Waals surface area (Å²) < 4.78 is 31.0. The number of carbonyl (C=O) groups is 2. The van der Waals surface area contributed by atoms with Gasteiger partial charge >= 0.3 is 5.97 Å². The Bertz CT molecular complexity index is 814. The first-order valence-electron chi connectivity index (χ1n) is 6.52. The fourth-order valence-corrected chi connectivity index (χ4v) is 2.81. The molecule has 0 aliphatic heterocycles. The standard InChI is InChI=1S/C15H15NO5S/c1-11(17)10-21-15(18)9-16-22(19,20)14-7-6-12-4-2-3-5-13(12)8-14/h2-8,16H,9-10H2,1H3. The molecule has 0 aliphatic rings. The maximum atomic E-state index is 12.1. The van der Waals surface area contributed by atoms with E-state index >= 15 is 0 Å². The molecule has 0 saturated heterocycles. The van der Waals surface area contributed by atoms with Crippen molar-refractivity contribution in [2.75, 3.05) is 13.2 Å². The van der Waals surface area contributed by atoms with Gasteiger partial charge in [0.1, 0.15) is 13.2 Å². The molecule has 0 spiro atoms. The van der Waals surface area contributed by atoms with E-state index in [1.807, 2.05) is 18.2 Å². The molecule has 0 atom stereocenters. The van der Waals surface area contributed by atoms with Gasteiger partial charge in [0.15, 0.2) is 5.78 Å². The van der Waals surface area contributed by atoms with Gasteiger partial charge in [0.05, 0.1) is 4.90 Å². The van der Waals surface area contributed by atoms with Crippen LogP contribution in [-0.2, 0) is 24.3 Å². The summed E-state index contributed by atoms with van der Waals surface area (Å²) in [6.45, 7) is 0.380. The quantitative estimate of drug-likeness (QED) is 0.809. The van der Waals surface area contributed by atoms with Crippen molar-refractivity contribution in [2.24, 2.45) is 0 Å². The van der Waals surface area contributed by atoms with Gasteiger partial charge in [-0.25, -0.2) is 8.42 Å². The summed E-state index contributed by atoms with van der Waals surface area (Å²) in [5.41, 5.74) is 0. The van der Waals surface area contributed by atoms with Crippen LogP contribution in [0.2, 0.25) is 0 Å². The second-order valence-electron chi connectivity index (χ2n) is 4.70. The first kappa shape index (κ1) is 16.1. The van der Waals surface area contributed by atoms with E-state index in [-0.39, 0.29) is 17.3 Å². The minimum Gasteiger partial charge on any atom is -0.457 e. The van der Waals surface area contributed by atoms with Crippen LogP contribution in [0, 0.1) is 0 Å². The second kappa shape index (κ2) is 6.67. The van der Waals surface area contributed by atoms with Crippen molar-refractivity contribution in [3.05, 3.63) is 42.5 Å². The van der Waals surface area contributed by atoms with Gasteiger partial charge in [0.25, 0.3) is 0 Å². The van der Waals surface area contributed by atoms with E-state index in [4.69, 9.17) is 0 Å². The first-order valence-corrected chi connectivity index (χ1v) is 8.00. The molecule has 0 heterocycles. The lowest BCUT2D eigenvalue weighted by atomic mass is 10.1. The number of carbonyl (C=O) groups excluding carboxylic acids is 2. The molecule has 0 aliphatic carbocycles. The number of esters is 1. The molecule has 0 fully saturated rings. The molecular weight excluding hydrogens is 306 g/mol. The lowest BCUT2D eigenvalue weighted by Gasteiger charge is -2.07. The van der Waals surface area contributed by atoms with Crippen LogP contribution in [0.15, 0.2) is 47.4 Å². The number of hydrogen-bond acceptors (Lipinski definition) is 5. The minimum absolute atomic E-state index is 0.0607. The minimum atomic E-state index is -3.82. The highest BCUT2D eigenvalue weighted by Gasteiger charge is 2.16. The third kappa shape index (κ3) is 4.12. The molecule has 0 unspecified atom stereocenters. The zero-order chi connectivity index (χ0) is 16.2. The summed E-state index contributed by atoms with van der Waals surface area (Å²) in [6.07, 6.45) is 0. The van der Waals surface area contributed by atoms with Gasteiger partial charge in [-0.15, -0.1) is 0 Å². The molecule has 0 radical (unpaired) electrons. The molecule has 2 aromatic rings. The van der Waals surface area contributed by atoms with Crippen LogP contribution < -0.4 is 4.72 Å². The molecule has 6 nitrogen and oxygen atoms in total. The Kier molecular flexibility index (Phi) is 4.89. The van der Waals surface area contributed by atoms with Crippen LogP contribution in [0.3, 0.4) is 0 Å². The Labute approximate surface area is 128 Å². The third-order valence-corrected chi connectivity index (χ3v) is 4.27.